The van der Waals surface area contributed by atoms with Crippen LogP contribution in [0.2, 0.25) is 0 Å². The van der Waals surface area contributed by atoms with Crippen LogP contribution in [0.15, 0.2) is 54.8 Å². The summed E-state index contributed by atoms with van der Waals surface area (Å²) in [5, 5.41) is 11.8. The fourth-order valence-electron chi connectivity index (χ4n) is 5.02. The third-order valence-corrected chi connectivity index (χ3v) is 8.19. The maximum atomic E-state index is 13.8. The standard InChI is InChI=1S/C31H30N4O7S/c1-7-14-42-20-12-11-19(15-21(20)41-8-2)24-22(25(36)23-18(5)34-13-9-10-16(3)28(34)33-23)26(37)29(38)35(24)31-32-17(4)27(43-31)30(39)40-6/h7,9-13,15,24,36H,1,8,14H2,2-6H3/b25-22+. The summed E-state index contributed by atoms with van der Waals surface area (Å²) < 4.78 is 18.3. The zero-order valence-electron chi connectivity index (χ0n) is 24.3. The lowest BCUT2D eigenvalue weighted by Crippen LogP contribution is -2.29. The first-order chi connectivity index (χ1) is 20.6. The molecule has 1 aromatic carbocycles. The first kappa shape index (κ1) is 29.5. The smallest absolute Gasteiger partial charge is 0.350 e. The Balaban J connectivity index is 1.76. The highest BCUT2D eigenvalue weighted by Gasteiger charge is 2.49. The highest BCUT2D eigenvalue weighted by molar-refractivity contribution is 7.17. The lowest BCUT2D eigenvalue weighted by molar-refractivity contribution is -0.132. The van der Waals surface area contributed by atoms with Crippen molar-refractivity contribution in [2.24, 2.45) is 0 Å². The third kappa shape index (κ3) is 5.03. The number of anilines is 1. The Kier molecular flexibility index (Phi) is 8.05. The fourth-order valence-corrected chi connectivity index (χ4v) is 6.03. The van der Waals surface area contributed by atoms with Gasteiger partial charge in [-0.3, -0.25) is 14.5 Å². The van der Waals surface area contributed by atoms with Crippen molar-refractivity contribution < 1.29 is 33.7 Å². The van der Waals surface area contributed by atoms with E-state index >= 15 is 0 Å². The van der Waals surface area contributed by atoms with Crippen molar-refractivity contribution in [1.82, 2.24) is 14.4 Å². The number of pyridine rings is 1. The highest BCUT2D eigenvalue weighted by Crippen LogP contribution is 2.46. The fraction of sp³-hybridized carbons (Fsp3) is 0.258. The quantitative estimate of drug-likeness (QED) is 0.0914. The Labute approximate surface area is 251 Å². The minimum absolute atomic E-state index is 0.0940. The number of benzene rings is 1. The molecule has 0 radical (unpaired) electrons. The number of hydrogen-bond acceptors (Lipinski definition) is 10. The van der Waals surface area contributed by atoms with Gasteiger partial charge in [0.2, 0.25) is 0 Å². The third-order valence-electron chi connectivity index (χ3n) is 7.05. The number of esters is 1. The van der Waals surface area contributed by atoms with E-state index in [2.05, 4.69) is 16.5 Å². The summed E-state index contributed by atoms with van der Waals surface area (Å²) in [7, 11) is 1.25. The Bertz CT molecular complexity index is 1820. The van der Waals surface area contributed by atoms with Gasteiger partial charge in [0.25, 0.3) is 5.78 Å². The Hall–Kier alpha value is -4.97. The molecule has 1 aliphatic heterocycles. The second kappa shape index (κ2) is 11.7. The lowest BCUT2D eigenvalue weighted by atomic mass is 9.96. The van der Waals surface area contributed by atoms with Crippen LogP contribution in [0.3, 0.4) is 0 Å². The molecule has 0 spiro atoms. The summed E-state index contributed by atoms with van der Waals surface area (Å²) in [5.41, 5.74) is 2.83. The molecular formula is C31H30N4O7S. The maximum Gasteiger partial charge on any atom is 0.350 e. The van der Waals surface area contributed by atoms with Gasteiger partial charge in [0.15, 0.2) is 22.4 Å². The number of aliphatic hydroxyl groups excluding tert-OH is 1. The molecule has 5 rings (SSSR count). The average Bonchev–Trinajstić information content (AvgIpc) is 3.63. The number of aryl methyl sites for hydroxylation is 3. The van der Waals surface area contributed by atoms with Crippen LogP contribution in [-0.4, -0.2) is 57.5 Å². The summed E-state index contributed by atoms with van der Waals surface area (Å²) in [4.78, 5) is 50.3. The summed E-state index contributed by atoms with van der Waals surface area (Å²) in [5.74, 6) is -2.08. The van der Waals surface area contributed by atoms with E-state index in [-0.39, 0.29) is 27.9 Å². The van der Waals surface area contributed by atoms with Crippen molar-refractivity contribution >= 4 is 45.5 Å². The second-order valence-corrected chi connectivity index (χ2v) is 10.7. The van der Waals surface area contributed by atoms with Crippen molar-refractivity contribution in [3.63, 3.8) is 0 Å². The van der Waals surface area contributed by atoms with E-state index in [0.717, 1.165) is 16.9 Å². The predicted molar refractivity (Wildman–Crippen MR) is 161 cm³/mol. The molecule has 1 fully saturated rings. The lowest BCUT2D eigenvalue weighted by Gasteiger charge is -2.24. The molecule has 0 aliphatic carbocycles. The number of thiazole rings is 1. The largest absolute Gasteiger partial charge is 0.505 e. The number of carbonyl (C=O) groups excluding carboxylic acids is 3. The van der Waals surface area contributed by atoms with Crippen molar-refractivity contribution in [3.05, 3.63) is 87.8 Å². The number of aromatic nitrogens is 3. The molecule has 1 atom stereocenters. The SMILES string of the molecule is C=CCOc1ccc(C2/C(=C(\O)c3nc4c(C)cccn4c3C)C(=O)C(=O)N2c2nc(C)c(C(=O)OC)s2)cc1OCC. The molecule has 3 aromatic heterocycles. The number of aliphatic hydroxyl groups is 1. The number of nitrogens with zero attached hydrogens (tertiary/aromatic N) is 4. The molecule has 1 N–H and O–H groups in total. The molecule has 1 unspecified atom stereocenters. The summed E-state index contributed by atoms with van der Waals surface area (Å²) in [6, 6.07) is 7.61. The van der Waals surface area contributed by atoms with Crippen LogP contribution in [0.25, 0.3) is 11.4 Å². The van der Waals surface area contributed by atoms with Crippen LogP contribution < -0.4 is 14.4 Å². The number of rotatable bonds is 9. The number of methoxy groups -OCH3 is 1. The van der Waals surface area contributed by atoms with Crippen LogP contribution in [0, 0.1) is 20.8 Å². The number of amides is 1. The predicted octanol–water partition coefficient (Wildman–Crippen LogP) is 5.09. The zero-order valence-corrected chi connectivity index (χ0v) is 25.2. The molecule has 1 saturated heterocycles. The van der Waals surface area contributed by atoms with E-state index in [4.69, 9.17) is 14.2 Å². The Morgan fingerprint density at radius 1 is 1.14 bits per heavy atom. The van der Waals surface area contributed by atoms with Gasteiger partial charge in [-0.1, -0.05) is 36.1 Å². The molecular weight excluding hydrogens is 572 g/mol. The van der Waals surface area contributed by atoms with Crippen molar-refractivity contribution in [2.75, 3.05) is 25.2 Å². The van der Waals surface area contributed by atoms with Crippen LogP contribution >= 0.6 is 11.3 Å². The van der Waals surface area contributed by atoms with Crippen molar-refractivity contribution in [3.8, 4) is 11.5 Å². The first-order valence-corrected chi connectivity index (χ1v) is 14.3. The number of hydrogen-bond donors (Lipinski definition) is 1. The number of Topliss-reactive ketones (excluding diaryl/α,β-unsaturated/α-hetero) is 1. The molecule has 1 aliphatic rings. The van der Waals surface area contributed by atoms with Crippen LogP contribution in [0.5, 0.6) is 11.5 Å². The van der Waals surface area contributed by atoms with Gasteiger partial charge in [-0.25, -0.2) is 14.8 Å². The number of carbonyl (C=O) groups is 3. The molecule has 0 bridgehead atoms. The molecule has 0 saturated carbocycles. The van der Waals surface area contributed by atoms with E-state index in [1.165, 1.54) is 12.0 Å². The number of ether oxygens (including phenoxy) is 3. The van der Waals surface area contributed by atoms with Crippen LogP contribution in [-0.2, 0) is 14.3 Å². The Morgan fingerprint density at radius 3 is 2.58 bits per heavy atom. The van der Waals surface area contributed by atoms with E-state index in [9.17, 15) is 19.5 Å². The van der Waals surface area contributed by atoms with E-state index in [1.54, 1.807) is 48.7 Å². The molecule has 43 heavy (non-hydrogen) atoms. The summed E-state index contributed by atoms with van der Waals surface area (Å²) >= 11 is 0.917. The molecule has 1 amide bonds. The highest BCUT2D eigenvalue weighted by atomic mass is 32.1. The summed E-state index contributed by atoms with van der Waals surface area (Å²) in [6.07, 6.45) is 3.40. The number of ketones is 1. The summed E-state index contributed by atoms with van der Waals surface area (Å²) in [6.45, 7) is 11.3. The normalized spacial score (nSPS) is 16.1. The zero-order chi connectivity index (χ0) is 31.0. The molecule has 12 heteroatoms. The second-order valence-electron chi connectivity index (χ2n) is 9.74. The van der Waals surface area contributed by atoms with Crippen LogP contribution in [0.1, 0.15) is 50.8 Å². The van der Waals surface area contributed by atoms with E-state index < -0.39 is 29.5 Å². The van der Waals surface area contributed by atoms with Gasteiger partial charge in [-0.2, -0.15) is 0 Å². The van der Waals surface area contributed by atoms with E-state index in [1.807, 2.05) is 26.0 Å². The molecule has 4 heterocycles. The van der Waals surface area contributed by atoms with Gasteiger partial charge >= 0.3 is 11.9 Å². The molecule has 222 valence electrons. The van der Waals surface area contributed by atoms with Gasteiger partial charge < -0.3 is 23.7 Å². The first-order valence-electron chi connectivity index (χ1n) is 13.4. The number of imidazole rings is 1. The molecule has 4 aromatic rings. The van der Waals surface area contributed by atoms with Gasteiger partial charge in [-0.05, 0) is 57.0 Å². The van der Waals surface area contributed by atoms with Gasteiger partial charge in [0.05, 0.1) is 36.7 Å². The number of fused-ring (bicyclic) bond motifs is 1. The topological polar surface area (TPSA) is 133 Å². The minimum atomic E-state index is -1.13. The molecule has 11 nitrogen and oxygen atoms in total. The maximum absolute atomic E-state index is 13.8. The minimum Gasteiger partial charge on any atom is -0.505 e. The Morgan fingerprint density at radius 2 is 1.91 bits per heavy atom. The van der Waals surface area contributed by atoms with Crippen LogP contribution in [0.4, 0.5) is 5.13 Å². The van der Waals surface area contributed by atoms with Gasteiger partial charge in [0.1, 0.15) is 22.8 Å². The van der Waals surface area contributed by atoms with Gasteiger partial charge in [-0.15, -0.1) is 0 Å². The monoisotopic (exact) mass is 602 g/mol. The van der Waals surface area contributed by atoms with Gasteiger partial charge in [0, 0.05) is 6.20 Å². The van der Waals surface area contributed by atoms with Crippen molar-refractivity contribution in [2.45, 2.75) is 33.7 Å². The van der Waals surface area contributed by atoms with E-state index in [0.29, 0.717) is 40.7 Å². The average molecular weight is 603 g/mol. The van der Waals surface area contributed by atoms with Crippen molar-refractivity contribution in [1.29, 1.82) is 0 Å².